The normalized spacial score (nSPS) is 13.1. The molecule has 0 amide bonds. The van der Waals surface area contributed by atoms with E-state index >= 15 is 0 Å². The van der Waals surface area contributed by atoms with Gasteiger partial charge in [-0.25, -0.2) is 0 Å². The highest BCUT2D eigenvalue weighted by atomic mass is 32.1. The minimum absolute atomic E-state index is 0.452. The highest BCUT2D eigenvalue weighted by Gasteiger charge is 2.04. The highest BCUT2D eigenvalue weighted by molar-refractivity contribution is 7.09. The molecular formula is C16H25N5S. The van der Waals surface area contributed by atoms with E-state index in [0.717, 1.165) is 38.6 Å². The van der Waals surface area contributed by atoms with Gasteiger partial charge in [-0.2, -0.15) is 5.10 Å². The number of hydrogen-bond donors (Lipinski definition) is 2. The van der Waals surface area contributed by atoms with Crippen LogP contribution in [0.3, 0.4) is 0 Å². The average molecular weight is 319 g/mol. The molecule has 2 rings (SSSR count). The number of aliphatic imine (C=N–C) groups is 1. The molecule has 120 valence electrons. The van der Waals surface area contributed by atoms with Crippen LogP contribution in [0.4, 0.5) is 0 Å². The maximum atomic E-state index is 4.67. The van der Waals surface area contributed by atoms with Crippen LogP contribution in [-0.2, 0) is 13.0 Å². The van der Waals surface area contributed by atoms with Crippen molar-refractivity contribution in [3.8, 4) is 0 Å². The van der Waals surface area contributed by atoms with Crippen LogP contribution in [0, 0.1) is 5.92 Å². The summed E-state index contributed by atoms with van der Waals surface area (Å²) in [6.07, 6.45) is 4.84. The summed E-state index contributed by atoms with van der Waals surface area (Å²) < 4.78 is 1.96. The van der Waals surface area contributed by atoms with Crippen LogP contribution in [0.15, 0.2) is 41.0 Å². The number of guanidine groups is 1. The molecule has 0 saturated carbocycles. The quantitative estimate of drug-likeness (QED) is 0.580. The lowest BCUT2D eigenvalue weighted by Gasteiger charge is -2.13. The fourth-order valence-electron chi connectivity index (χ4n) is 2.13. The number of nitrogens with zero attached hydrogens (tertiary/aromatic N) is 3. The summed E-state index contributed by atoms with van der Waals surface area (Å²) >= 11 is 1.80. The molecule has 5 nitrogen and oxygen atoms in total. The van der Waals surface area contributed by atoms with E-state index < -0.39 is 0 Å². The highest BCUT2D eigenvalue weighted by Crippen LogP contribution is 2.08. The molecule has 2 aromatic heterocycles. The Morgan fingerprint density at radius 2 is 2.32 bits per heavy atom. The molecule has 0 aliphatic rings. The Bertz CT molecular complexity index is 533. The third kappa shape index (κ3) is 5.89. The van der Waals surface area contributed by atoms with Gasteiger partial charge < -0.3 is 10.6 Å². The van der Waals surface area contributed by atoms with Crippen molar-refractivity contribution in [3.05, 3.63) is 40.8 Å². The molecule has 0 aliphatic heterocycles. The lowest BCUT2D eigenvalue weighted by molar-refractivity contribution is 0.458. The van der Waals surface area contributed by atoms with Gasteiger partial charge in [-0.15, -0.1) is 11.3 Å². The smallest absolute Gasteiger partial charge is 0.191 e. The molecule has 2 heterocycles. The first-order chi connectivity index (χ1) is 10.8. The van der Waals surface area contributed by atoms with Crippen molar-refractivity contribution >= 4 is 17.3 Å². The van der Waals surface area contributed by atoms with E-state index in [1.165, 1.54) is 4.88 Å². The molecule has 2 aromatic rings. The molecule has 0 saturated heterocycles. The zero-order chi connectivity index (χ0) is 15.6. The maximum absolute atomic E-state index is 4.67. The number of rotatable bonds is 8. The van der Waals surface area contributed by atoms with Crippen LogP contribution in [0.5, 0.6) is 0 Å². The number of hydrogen-bond acceptors (Lipinski definition) is 3. The Labute approximate surface area is 136 Å². The third-order valence-corrected chi connectivity index (χ3v) is 4.14. The molecular weight excluding hydrogens is 294 g/mol. The second-order valence-electron chi connectivity index (χ2n) is 5.31. The Hall–Kier alpha value is -1.82. The fraction of sp³-hybridized carbons (Fsp3) is 0.500. The number of thiophene rings is 1. The summed E-state index contributed by atoms with van der Waals surface area (Å²) in [5, 5.41) is 13.0. The first kappa shape index (κ1) is 16.5. The lowest BCUT2D eigenvalue weighted by atomic mass is 10.2. The minimum atomic E-state index is 0.452. The molecule has 0 spiro atoms. The molecule has 0 radical (unpaired) electrons. The first-order valence-corrected chi connectivity index (χ1v) is 8.68. The van der Waals surface area contributed by atoms with Crippen LogP contribution in [0.25, 0.3) is 0 Å². The van der Waals surface area contributed by atoms with Crippen molar-refractivity contribution in [3.63, 3.8) is 0 Å². The molecule has 0 aliphatic carbocycles. The Morgan fingerprint density at radius 3 is 3.00 bits per heavy atom. The fourth-order valence-corrected chi connectivity index (χ4v) is 2.84. The topological polar surface area (TPSA) is 54.2 Å². The van der Waals surface area contributed by atoms with Crippen molar-refractivity contribution in [2.24, 2.45) is 10.9 Å². The first-order valence-electron chi connectivity index (χ1n) is 7.80. The van der Waals surface area contributed by atoms with Gasteiger partial charge in [0.25, 0.3) is 0 Å². The van der Waals surface area contributed by atoms with Gasteiger partial charge >= 0.3 is 0 Å². The minimum Gasteiger partial charge on any atom is -0.357 e. The zero-order valence-electron chi connectivity index (χ0n) is 13.3. The van der Waals surface area contributed by atoms with E-state index in [1.54, 1.807) is 11.3 Å². The predicted octanol–water partition coefficient (Wildman–Crippen LogP) is 2.38. The molecule has 1 unspecified atom stereocenters. The Morgan fingerprint density at radius 1 is 1.41 bits per heavy atom. The molecule has 2 N–H and O–H groups in total. The van der Waals surface area contributed by atoms with Crippen LogP contribution in [-0.4, -0.2) is 35.4 Å². The van der Waals surface area contributed by atoms with Gasteiger partial charge in [0.15, 0.2) is 5.96 Å². The van der Waals surface area contributed by atoms with E-state index in [0.29, 0.717) is 5.92 Å². The van der Waals surface area contributed by atoms with E-state index in [-0.39, 0.29) is 0 Å². The van der Waals surface area contributed by atoms with Gasteiger partial charge in [0.2, 0.25) is 0 Å². The van der Waals surface area contributed by atoms with E-state index in [4.69, 9.17) is 0 Å². The maximum Gasteiger partial charge on any atom is 0.191 e. The lowest BCUT2D eigenvalue weighted by Crippen LogP contribution is -2.38. The zero-order valence-corrected chi connectivity index (χ0v) is 14.1. The van der Waals surface area contributed by atoms with Crippen LogP contribution in [0.2, 0.25) is 0 Å². The van der Waals surface area contributed by atoms with E-state index in [9.17, 15) is 0 Å². The Balaban J connectivity index is 1.75. The summed E-state index contributed by atoms with van der Waals surface area (Å²) in [5.41, 5.74) is 0. The molecule has 1 atom stereocenters. The number of nitrogens with one attached hydrogen (secondary N) is 2. The van der Waals surface area contributed by atoms with E-state index in [1.807, 2.05) is 23.1 Å². The molecule has 0 aromatic carbocycles. The predicted molar refractivity (Wildman–Crippen MR) is 93.4 cm³/mol. The van der Waals surface area contributed by atoms with Gasteiger partial charge in [-0.1, -0.05) is 13.0 Å². The van der Waals surface area contributed by atoms with Crippen LogP contribution >= 0.6 is 11.3 Å². The Kier molecular flexibility index (Phi) is 6.96. The van der Waals surface area contributed by atoms with Crippen molar-refractivity contribution in [1.82, 2.24) is 20.4 Å². The van der Waals surface area contributed by atoms with Gasteiger partial charge in [0, 0.05) is 43.4 Å². The number of aromatic nitrogens is 2. The van der Waals surface area contributed by atoms with Crippen LogP contribution in [0.1, 0.15) is 18.7 Å². The van der Waals surface area contributed by atoms with Gasteiger partial charge in [-0.3, -0.25) is 9.67 Å². The van der Waals surface area contributed by atoms with E-state index in [2.05, 4.69) is 52.1 Å². The largest absolute Gasteiger partial charge is 0.357 e. The SMILES string of the molecule is CCNC(=NCC(C)Cn1cccn1)NCCc1cccs1. The second kappa shape index (κ2) is 9.25. The van der Waals surface area contributed by atoms with Gasteiger partial charge in [-0.05, 0) is 36.8 Å². The summed E-state index contributed by atoms with van der Waals surface area (Å²) in [6, 6.07) is 6.21. The molecule has 0 fully saturated rings. The van der Waals surface area contributed by atoms with Crippen molar-refractivity contribution in [2.45, 2.75) is 26.8 Å². The second-order valence-corrected chi connectivity index (χ2v) is 6.34. The molecule has 0 bridgehead atoms. The monoisotopic (exact) mass is 319 g/mol. The van der Waals surface area contributed by atoms with Crippen molar-refractivity contribution in [2.75, 3.05) is 19.6 Å². The van der Waals surface area contributed by atoms with Crippen molar-refractivity contribution < 1.29 is 0 Å². The summed E-state index contributed by atoms with van der Waals surface area (Å²) in [7, 11) is 0. The summed E-state index contributed by atoms with van der Waals surface area (Å²) in [5.74, 6) is 1.35. The average Bonchev–Trinajstić information content (AvgIpc) is 3.18. The standard InChI is InChI=1S/C16H25N5S/c1-3-17-16(18-9-7-15-6-4-11-22-15)19-12-14(2)13-21-10-5-8-20-21/h4-6,8,10-11,14H,3,7,9,12-13H2,1-2H3,(H2,17,18,19). The molecule has 6 heteroatoms. The molecule has 22 heavy (non-hydrogen) atoms. The third-order valence-electron chi connectivity index (χ3n) is 3.21. The van der Waals surface area contributed by atoms with Gasteiger partial charge in [0.1, 0.15) is 0 Å². The van der Waals surface area contributed by atoms with Crippen molar-refractivity contribution in [1.29, 1.82) is 0 Å². The van der Waals surface area contributed by atoms with Gasteiger partial charge in [0.05, 0.1) is 0 Å². The summed E-state index contributed by atoms with van der Waals surface area (Å²) in [4.78, 5) is 6.07. The van der Waals surface area contributed by atoms with Crippen LogP contribution < -0.4 is 10.6 Å². The summed E-state index contributed by atoms with van der Waals surface area (Å²) in [6.45, 7) is 7.74.